The third kappa shape index (κ3) is 4.30. The number of aromatic nitrogens is 2. The average molecular weight is 380 g/mol. The van der Waals surface area contributed by atoms with Gasteiger partial charge in [-0.05, 0) is 49.4 Å². The number of carbonyl (C=O) groups is 1. The molecule has 0 fully saturated rings. The smallest absolute Gasteiger partial charge is 0.416 e. The molecule has 0 bridgehead atoms. The number of carbonyl (C=O) groups excluding carboxylic acids is 1. The molecule has 3 aromatic rings. The lowest BCUT2D eigenvalue weighted by Crippen LogP contribution is -2.12. The van der Waals surface area contributed by atoms with Crippen molar-refractivity contribution < 1.29 is 31.5 Å². The van der Waals surface area contributed by atoms with Crippen molar-refractivity contribution in [1.82, 2.24) is 10.2 Å². The molecule has 0 unspecified atom stereocenters. The number of rotatable bonds is 4. The molecule has 3 rings (SSSR count). The van der Waals surface area contributed by atoms with Crippen molar-refractivity contribution in [2.75, 3.05) is 0 Å². The molecule has 0 saturated carbocycles. The number of hydrogen-bond donors (Lipinski definition) is 0. The zero-order valence-corrected chi connectivity index (χ0v) is 13.8. The van der Waals surface area contributed by atoms with Gasteiger partial charge in [-0.25, -0.2) is 9.18 Å². The number of alkyl halides is 3. The fourth-order valence-electron chi connectivity index (χ4n) is 2.21. The van der Waals surface area contributed by atoms with Gasteiger partial charge in [0.1, 0.15) is 5.82 Å². The third-order valence-electron chi connectivity index (χ3n) is 3.59. The van der Waals surface area contributed by atoms with Crippen molar-refractivity contribution in [1.29, 1.82) is 0 Å². The Balaban J connectivity index is 1.73. The van der Waals surface area contributed by atoms with Crippen molar-refractivity contribution in [2.24, 2.45) is 0 Å². The second kappa shape index (κ2) is 7.18. The number of nitrogens with zero attached hydrogens (tertiary/aromatic N) is 2. The summed E-state index contributed by atoms with van der Waals surface area (Å²) in [4.78, 5) is 12.1. The maximum atomic E-state index is 12.9. The lowest BCUT2D eigenvalue weighted by atomic mass is 10.1. The Bertz CT molecular complexity index is 952. The van der Waals surface area contributed by atoms with E-state index in [0.717, 1.165) is 12.1 Å². The van der Waals surface area contributed by atoms with Crippen molar-refractivity contribution in [2.45, 2.75) is 19.2 Å². The lowest BCUT2D eigenvalue weighted by Gasteiger charge is -2.11. The molecule has 0 aliphatic heterocycles. The van der Waals surface area contributed by atoms with E-state index >= 15 is 0 Å². The van der Waals surface area contributed by atoms with Gasteiger partial charge < -0.3 is 9.15 Å². The van der Waals surface area contributed by atoms with E-state index < -0.39 is 29.6 Å². The molecule has 0 radical (unpaired) electrons. The zero-order valence-electron chi connectivity index (χ0n) is 13.8. The molecule has 0 aliphatic rings. The predicted molar refractivity (Wildman–Crippen MR) is 85.0 cm³/mol. The van der Waals surface area contributed by atoms with Crippen LogP contribution < -0.4 is 0 Å². The van der Waals surface area contributed by atoms with E-state index in [1.54, 1.807) is 0 Å². The summed E-state index contributed by atoms with van der Waals surface area (Å²) in [5, 5.41) is 7.54. The molecule has 27 heavy (non-hydrogen) atoms. The highest BCUT2D eigenvalue weighted by Crippen LogP contribution is 2.30. The van der Waals surface area contributed by atoms with Crippen molar-refractivity contribution >= 4 is 5.97 Å². The van der Waals surface area contributed by atoms with Crippen LogP contribution in [0.15, 0.2) is 52.9 Å². The summed E-state index contributed by atoms with van der Waals surface area (Å²) in [7, 11) is 0. The number of hydrogen-bond acceptors (Lipinski definition) is 5. The van der Waals surface area contributed by atoms with Gasteiger partial charge in [0, 0.05) is 5.56 Å². The first-order valence-corrected chi connectivity index (χ1v) is 7.71. The van der Waals surface area contributed by atoms with Gasteiger partial charge in [0.15, 0.2) is 6.10 Å². The fraction of sp³-hybridized carbons (Fsp3) is 0.167. The van der Waals surface area contributed by atoms with Gasteiger partial charge in [0.2, 0.25) is 5.89 Å². The SMILES string of the molecule is C[C@@H](OC(=O)c1cccc(C(F)(F)F)c1)c1nnc(-c2ccc(F)cc2)o1. The maximum absolute atomic E-state index is 12.9. The number of benzene rings is 2. The minimum Gasteiger partial charge on any atom is -0.449 e. The van der Waals surface area contributed by atoms with Crippen LogP contribution in [0.3, 0.4) is 0 Å². The minimum absolute atomic E-state index is 0.0466. The molecule has 0 aliphatic carbocycles. The van der Waals surface area contributed by atoms with Crippen LogP contribution in [0.5, 0.6) is 0 Å². The quantitative estimate of drug-likeness (QED) is 0.480. The number of halogens is 4. The second-order valence-corrected chi connectivity index (χ2v) is 5.58. The van der Waals surface area contributed by atoms with E-state index in [4.69, 9.17) is 9.15 Å². The monoisotopic (exact) mass is 380 g/mol. The van der Waals surface area contributed by atoms with Crippen LogP contribution in [0.2, 0.25) is 0 Å². The predicted octanol–water partition coefficient (Wildman–Crippen LogP) is 4.81. The van der Waals surface area contributed by atoms with Gasteiger partial charge in [-0.1, -0.05) is 6.07 Å². The van der Waals surface area contributed by atoms with Crippen molar-refractivity contribution in [3.63, 3.8) is 0 Å². The van der Waals surface area contributed by atoms with E-state index in [2.05, 4.69) is 10.2 Å². The highest BCUT2D eigenvalue weighted by atomic mass is 19.4. The van der Waals surface area contributed by atoms with Crippen LogP contribution in [0.4, 0.5) is 17.6 Å². The van der Waals surface area contributed by atoms with Crippen molar-refractivity contribution in [3.05, 3.63) is 71.4 Å². The first-order chi connectivity index (χ1) is 12.7. The maximum Gasteiger partial charge on any atom is 0.416 e. The van der Waals surface area contributed by atoms with Crippen LogP contribution in [-0.4, -0.2) is 16.2 Å². The van der Waals surface area contributed by atoms with Crippen LogP contribution >= 0.6 is 0 Å². The standard InChI is InChI=1S/C18H12F4N2O3/c1-10(15-23-24-16(27-15)11-5-7-14(19)8-6-11)26-17(25)12-3-2-4-13(9-12)18(20,21)22/h2-10H,1H3/t10-/m1/s1. The van der Waals surface area contributed by atoms with Gasteiger partial charge in [-0.2, -0.15) is 13.2 Å². The minimum atomic E-state index is -4.57. The van der Waals surface area contributed by atoms with Crippen molar-refractivity contribution in [3.8, 4) is 11.5 Å². The Kier molecular flexibility index (Phi) is 4.93. The van der Waals surface area contributed by atoms with Crippen LogP contribution in [0.1, 0.15) is 34.8 Å². The summed E-state index contributed by atoms with van der Waals surface area (Å²) >= 11 is 0. The molecule has 2 aromatic carbocycles. The first-order valence-electron chi connectivity index (χ1n) is 7.71. The summed E-state index contributed by atoms with van der Waals surface area (Å²) in [6.07, 6.45) is -5.56. The summed E-state index contributed by atoms with van der Waals surface area (Å²) in [6.45, 7) is 1.44. The summed E-state index contributed by atoms with van der Waals surface area (Å²) in [5.41, 5.74) is -0.748. The number of ether oxygens (including phenoxy) is 1. The molecule has 0 N–H and O–H groups in total. The normalized spacial score (nSPS) is 12.6. The summed E-state index contributed by atoms with van der Waals surface area (Å²) in [5.74, 6) is -1.35. The molecule has 1 atom stereocenters. The Morgan fingerprint density at radius 3 is 2.48 bits per heavy atom. The topological polar surface area (TPSA) is 65.2 Å². The Morgan fingerprint density at radius 2 is 1.81 bits per heavy atom. The molecule has 1 heterocycles. The lowest BCUT2D eigenvalue weighted by molar-refractivity contribution is -0.137. The van der Waals surface area contributed by atoms with Gasteiger partial charge in [-0.15, -0.1) is 10.2 Å². The molecule has 0 amide bonds. The highest BCUT2D eigenvalue weighted by Gasteiger charge is 2.31. The Hall–Kier alpha value is -3.23. The molecule has 0 spiro atoms. The van der Waals surface area contributed by atoms with E-state index in [9.17, 15) is 22.4 Å². The number of esters is 1. The molecular formula is C18H12F4N2O3. The third-order valence-corrected chi connectivity index (χ3v) is 3.59. The molecule has 1 aromatic heterocycles. The first kappa shape index (κ1) is 18.6. The van der Waals surface area contributed by atoms with Gasteiger partial charge >= 0.3 is 12.1 Å². The molecular weight excluding hydrogens is 368 g/mol. The highest BCUT2D eigenvalue weighted by molar-refractivity contribution is 5.89. The molecule has 140 valence electrons. The van der Waals surface area contributed by atoms with Crippen LogP contribution in [0.25, 0.3) is 11.5 Å². The average Bonchev–Trinajstić information content (AvgIpc) is 3.12. The Labute approximate surface area is 150 Å². The largest absolute Gasteiger partial charge is 0.449 e. The van der Waals surface area contributed by atoms with E-state index in [0.29, 0.717) is 11.6 Å². The second-order valence-electron chi connectivity index (χ2n) is 5.58. The van der Waals surface area contributed by atoms with E-state index in [-0.39, 0.29) is 17.3 Å². The van der Waals surface area contributed by atoms with E-state index in [1.807, 2.05) is 0 Å². The summed E-state index contributed by atoms with van der Waals surface area (Å²) in [6, 6.07) is 9.19. The molecule has 0 saturated heterocycles. The van der Waals surface area contributed by atoms with Crippen LogP contribution in [0, 0.1) is 5.82 Å². The molecule has 5 nitrogen and oxygen atoms in total. The fourth-order valence-corrected chi connectivity index (χ4v) is 2.21. The van der Waals surface area contributed by atoms with E-state index in [1.165, 1.54) is 37.3 Å². The summed E-state index contributed by atoms with van der Waals surface area (Å²) < 4.78 is 61.6. The Morgan fingerprint density at radius 1 is 1.11 bits per heavy atom. The van der Waals surface area contributed by atoms with Gasteiger partial charge in [-0.3, -0.25) is 0 Å². The molecule has 9 heteroatoms. The zero-order chi connectivity index (χ0) is 19.6. The van der Waals surface area contributed by atoms with Gasteiger partial charge in [0.05, 0.1) is 11.1 Å². The van der Waals surface area contributed by atoms with Gasteiger partial charge in [0.25, 0.3) is 5.89 Å². The van der Waals surface area contributed by atoms with Crippen LogP contribution in [-0.2, 0) is 10.9 Å².